The van der Waals surface area contributed by atoms with Gasteiger partial charge >= 0.3 is 11.9 Å². The van der Waals surface area contributed by atoms with Crippen LogP contribution in [0, 0.1) is 0 Å². The van der Waals surface area contributed by atoms with Crippen LogP contribution >= 0.6 is 12.6 Å². The summed E-state index contributed by atoms with van der Waals surface area (Å²) in [4.78, 5) is 43.7. The summed E-state index contributed by atoms with van der Waals surface area (Å²) in [6.45, 7) is -0.567. The van der Waals surface area contributed by atoms with Crippen molar-refractivity contribution in [2.75, 3.05) is 12.3 Å². The topological polar surface area (TPSA) is 225 Å². The molecule has 0 saturated carbocycles. The molecule has 3 atom stereocenters. The van der Waals surface area contributed by atoms with Crippen LogP contribution in [0.1, 0.15) is 12.8 Å². The average molecular weight is 387 g/mol. The predicted molar refractivity (Wildman–Crippen MR) is 84.4 cm³/mol. The number of nitrogens with one attached hydrogen (secondary N) is 2. The Morgan fingerprint density at radius 2 is 1.75 bits per heavy atom. The lowest BCUT2D eigenvalue weighted by molar-refractivity contribution is -0.139. The second-order valence-corrected chi connectivity index (χ2v) is 5.04. The van der Waals surface area contributed by atoms with E-state index in [0.29, 0.717) is 0 Å². The van der Waals surface area contributed by atoms with Crippen LogP contribution < -0.4 is 21.5 Å². The number of carboxylic acids is 2. The molecule has 140 valence electrons. The molecule has 0 fully saturated rings. The highest BCUT2D eigenvalue weighted by atomic mass is 32.2. The van der Waals surface area contributed by atoms with Gasteiger partial charge in [-0.2, -0.15) is 12.6 Å². The van der Waals surface area contributed by atoms with Crippen LogP contribution in [0.2, 0.25) is 0 Å². The maximum Gasteiger partial charge on any atom is 0.322 e. The summed E-state index contributed by atoms with van der Waals surface area (Å²) in [7, 11) is 0. The number of carbonyl (C=O) groups is 4. The van der Waals surface area contributed by atoms with E-state index in [0.717, 1.165) is 0 Å². The highest BCUT2D eigenvalue weighted by Gasteiger charge is 2.20. The number of amides is 2. The summed E-state index contributed by atoms with van der Waals surface area (Å²) in [6.07, 6.45) is -0.235. The number of rotatable bonds is 9. The molecule has 0 heterocycles. The molecule has 0 rings (SSSR count). The predicted octanol–water partition coefficient (Wildman–Crippen LogP) is -3.47. The number of hydrogen-bond acceptors (Lipinski definition) is 8. The zero-order chi connectivity index (χ0) is 19.3. The molecule has 0 saturated heterocycles. The van der Waals surface area contributed by atoms with Gasteiger partial charge in [0, 0.05) is 23.4 Å². The molecule has 12 nitrogen and oxygen atoms in total. The fourth-order valence-corrected chi connectivity index (χ4v) is 1.41. The van der Waals surface area contributed by atoms with E-state index in [1.807, 2.05) is 0 Å². The first-order valence-electron chi connectivity index (χ1n) is 6.23. The molecule has 0 bridgehead atoms. The summed E-state index contributed by atoms with van der Waals surface area (Å²) in [6, 6.07) is -2.15. The molecule has 0 spiro atoms. The maximum absolute atomic E-state index is 11.5. The van der Waals surface area contributed by atoms with Crippen molar-refractivity contribution in [3.05, 3.63) is 0 Å². The minimum atomic E-state index is -2.36. The fourth-order valence-electron chi connectivity index (χ4n) is 1.16. The molecule has 0 radical (unpaired) electrons. The van der Waals surface area contributed by atoms with E-state index in [-0.39, 0.29) is 18.6 Å². The Kier molecular flexibility index (Phi) is 14.0. The van der Waals surface area contributed by atoms with Crippen LogP contribution in [-0.2, 0) is 30.4 Å². The van der Waals surface area contributed by atoms with E-state index in [4.69, 9.17) is 24.7 Å². The van der Waals surface area contributed by atoms with Gasteiger partial charge in [0.25, 0.3) is 0 Å². The van der Waals surface area contributed by atoms with Gasteiger partial charge in [-0.25, -0.2) is 0 Å². The molecule has 0 aliphatic heterocycles. The Hall–Kier alpha value is -1.74. The van der Waals surface area contributed by atoms with Crippen LogP contribution in [-0.4, -0.2) is 67.1 Å². The van der Waals surface area contributed by atoms with Gasteiger partial charge < -0.3 is 31.1 Å². The summed E-state index contributed by atoms with van der Waals surface area (Å²) < 4.78 is 17.6. The molecule has 8 N–H and O–H groups in total. The minimum Gasteiger partial charge on any atom is -0.760 e. The number of thiol groups is 1. The molecule has 1 unspecified atom stereocenters. The zero-order valence-corrected chi connectivity index (χ0v) is 14.0. The zero-order valence-electron chi connectivity index (χ0n) is 12.3. The fraction of sp³-hybridized carbons (Fsp3) is 0.600. The van der Waals surface area contributed by atoms with Crippen molar-refractivity contribution in [3.8, 4) is 0 Å². The van der Waals surface area contributed by atoms with Crippen molar-refractivity contribution < 1.29 is 38.2 Å². The second-order valence-electron chi connectivity index (χ2n) is 4.16. The maximum atomic E-state index is 11.5. The lowest BCUT2D eigenvalue weighted by Crippen LogP contribution is -2.49. The molecule has 14 heteroatoms. The molecule has 0 aliphatic rings. The lowest BCUT2D eigenvalue weighted by atomic mass is 10.1. The van der Waals surface area contributed by atoms with Crippen LogP contribution in [0.5, 0.6) is 0 Å². The van der Waals surface area contributed by atoms with Gasteiger partial charge in [0.05, 0.1) is 0 Å². The van der Waals surface area contributed by atoms with Crippen LogP contribution in [0.4, 0.5) is 0 Å². The standard InChI is InChI=1S/C10H17N3O6S.H3NO2S/c11-5(10(18)19)1-2-7(14)13-6(4-20)9(17)12-3-8(15)16;1-4(2)3/h5-6,20H,1-4,11H2,(H,12,17)(H,13,14)(H,15,16)(H,18,19);1H2,(H,2,3)/p-1/t5-,6-;/m0./s1. The Morgan fingerprint density at radius 3 is 2.12 bits per heavy atom. The van der Waals surface area contributed by atoms with E-state index < -0.39 is 53.6 Å². The number of aliphatic carboxylic acids is 2. The molecule has 2 amide bonds. The largest absolute Gasteiger partial charge is 0.760 e. The molecule has 24 heavy (non-hydrogen) atoms. The third kappa shape index (κ3) is 15.2. The molecular weight excluding hydrogens is 368 g/mol. The third-order valence-electron chi connectivity index (χ3n) is 2.25. The van der Waals surface area contributed by atoms with Gasteiger partial charge in [-0.1, -0.05) is 0 Å². The minimum absolute atomic E-state index is 0.0256. The van der Waals surface area contributed by atoms with E-state index >= 15 is 0 Å². The van der Waals surface area contributed by atoms with E-state index in [9.17, 15) is 19.2 Å². The first-order valence-corrected chi connectivity index (χ1v) is 8.00. The van der Waals surface area contributed by atoms with Crippen molar-refractivity contribution in [2.45, 2.75) is 24.9 Å². The summed E-state index contributed by atoms with van der Waals surface area (Å²) in [5.74, 6) is -3.70. The lowest BCUT2D eigenvalue weighted by Gasteiger charge is -2.16. The quantitative estimate of drug-likeness (QED) is 0.154. The first-order chi connectivity index (χ1) is 11.0. The van der Waals surface area contributed by atoms with Crippen molar-refractivity contribution in [3.63, 3.8) is 0 Å². The van der Waals surface area contributed by atoms with Crippen molar-refractivity contribution in [2.24, 2.45) is 10.9 Å². The number of hydrogen-bond donors (Lipinski definition) is 7. The Bertz CT molecular complexity index is 472. The van der Waals surface area contributed by atoms with Gasteiger partial charge in [0.15, 0.2) is 0 Å². The Balaban J connectivity index is 0. The van der Waals surface area contributed by atoms with Crippen molar-refractivity contribution in [1.29, 1.82) is 0 Å². The smallest absolute Gasteiger partial charge is 0.322 e. The molecule has 0 aromatic carbocycles. The average Bonchev–Trinajstić information content (AvgIpc) is 2.46. The SMILES string of the molecule is NS(=O)[O-].N[C@@H](CCC(=O)N[C@@H](CS)C(=O)NCC(=O)O)C(=O)O. The highest BCUT2D eigenvalue weighted by Crippen LogP contribution is 1.97. The van der Waals surface area contributed by atoms with Gasteiger partial charge in [0.1, 0.15) is 18.6 Å². The molecular formula is C10H19N4O8S2-. The normalized spacial score (nSPS) is 13.5. The monoisotopic (exact) mass is 387 g/mol. The van der Waals surface area contributed by atoms with Gasteiger partial charge in [-0.15, -0.1) is 0 Å². The molecule has 0 aromatic rings. The van der Waals surface area contributed by atoms with Crippen molar-refractivity contribution >= 4 is 47.6 Å². The number of nitrogens with two attached hydrogens (primary N) is 2. The Labute approximate surface area is 145 Å². The third-order valence-corrected chi connectivity index (χ3v) is 2.61. The number of carbonyl (C=O) groups excluding carboxylic acids is 2. The van der Waals surface area contributed by atoms with Crippen molar-refractivity contribution in [1.82, 2.24) is 10.6 Å². The second kappa shape index (κ2) is 13.7. The van der Waals surface area contributed by atoms with E-state index in [1.54, 1.807) is 0 Å². The van der Waals surface area contributed by atoms with Crippen LogP contribution in [0.25, 0.3) is 0 Å². The van der Waals surface area contributed by atoms with E-state index in [1.165, 1.54) is 0 Å². The molecule has 0 aromatic heterocycles. The van der Waals surface area contributed by atoms with Gasteiger partial charge in [0.2, 0.25) is 11.8 Å². The van der Waals surface area contributed by atoms with Crippen LogP contribution in [0.15, 0.2) is 0 Å². The summed E-state index contributed by atoms with van der Waals surface area (Å²) in [5, 5.41) is 25.4. The van der Waals surface area contributed by atoms with E-state index in [2.05, 4.69) is 28.4 Å². The highest BCUT2D eigenvalue weighted by molar-refractivity contribution is 7.80. The Morgan fingerprint density at radius 1 is 1.25 bits per heavy atom. The first kappa shape index (κ1) is 24.5. The molecule has 0 aliphatic carbocycles. The van der Waals surface area contributed by atoms with Gasteiger partial charge in [-0.3, -0.25) is 28.5 Å². The summed E-state index contributed by atoms with van der Waals surface area (Å²) >= 11 is 1.51. The van der Waals surface area contributed by atoms with Gasteiger partial charge in [-0.05, 0) is 6.42 Å². The van der Waals surface area contributed by atoms with Crippen LogP contribution in [0.3, 0.4) is 0 Å². The number of carboxylic acid groups (broad SMARTS) is 2. The summed E-state index contributed by atoms with van der Waals surface area (Å²) in [5.41, 5.74) is 5.23.